The third-order valence-corrected chi connectivity index (χ3v) is 6.02. The van der Waals surface area contributed by atoms with Crippen molar-refractivity contribution in [2.75, 3.05) is 29.6 Å². The van der Waals surface area contributed by atoms with Gasteiger partial charge in [0.15, 0.2) is 0 Å². The normalized spacial score (nSPS) is 15.2. The average Bonchev–Trinajstić information content (AvgIpc) is 2.73. The van der Waals surface area contributed by atoms with Gasteiger partial charge in [-0.05, 0) is 43.2 Å². The van der Waals surface area contributed by atoms with E-state index in [9.17, 15) is 9.59 Å². The lowest BCUT2D eigenvalue weighted by atomic mass is 10.1. The van der Waals surface area contributed by atoms with Crippen LogP contribution in [0.25, 0.3) is 0 Å². The van der Waals surface area contributed by atoms with Gasteiger partial charge in [0.1, 0.15) is 5.75 Å². The van der Waals surface area contributed by atoms with Crippen molar-refractivity contribution >= 4 is 35.0 Å². The van der Waals surface area contributed by atoms with Crippen molar-refractivity contribution in [1.82, 2.24) is 0 Å². The molecule has 1 fully saturated rings. The van der Waals surface area contributed by atoms with Crippen molar-refractivity contribution in [1.29, 1.82) is 0 Å². The van der Waals surface area contributed by atoms with E-state index in [0.717, 1.165) is 23.4 Å². The summed E-state index contributed by atoms with van der Waals surface area (Å²) in [6.07, 6.45) is 2.44. The molecule has 1 saturated heterocycles. The van der Waals surface area contributed by atoms with E-state index in [0.29, 0.717) is 30.2 Å². The van der Waals surface area contributed by atoms with Crippen LogP contribution in [0, 0.1) is 5.92 Å². The maximum Gasteiger partial charge on any atom is 0.228 e. The van der Waals surface area contributed by atoms with Crippen LogP contribution in [0.2, 0.25) is 0 Å². The van der Waals surface area contributed by atoms with Crippen LogP contribution in [0.4, 0.5) is 11.4 Å². The second-order valence-corrected chi connectivity index (χ2v) is 8.00. The van der Waals surface area contributed by atoms with E-state index in [1.807, 2.05) is 49.4 Å². The van der Waals surface area contributed by atoms with E-state index < -0.39 is 0 Å². The highest BCUT2D eigenvalue weighted by atomic mass is 32.2. The zero-order chi connectivity index (χ0) is 19.9. The molecule has 0 bridgehead atoms. The molecular formula is C22H26N2O3S. The SMILES string of the molecule is COc1ccc(NC(=O)C(C)CSc2ccccc2)cc1N1CCCCC1=O. The van der Waals surface area contributed by atoms with Gasteiger partial charge in [0.2, 0.25) is 11.8 Å². The molecule has 28 heavy (non-hydrogen) atoms. The van der Waals surface area contributed by atoms with E-state index >= 15 is 0 Å². The molecule has 0 aliphatic carbocycles. The van der Waals surface area contributed by atoms with Gasteiger partial charge in [-0.3, -0.25) is 9.59 Å². The molecule has 2 amide bonds. The predicted molar refractivity (Wildman–Crippen MR) is 114 cm³/mol. The van der Waals surface area contributed by atoms with Gasteiger partial charge in [-0.25, -0.2) is 0 Å². The molecule has 0 radical (unpaired) electrons. The topological polar surface area (TPSA) is 58.6 Å². The Kier molecular flexibility index (Phi) is 6.98. The fourth-order valence-electron chi connectivity index (χ4n) is 3.12. The van der Waals surface area contributed by atoms with Crippen LogP contribution in [-0.4, -0.2) is 31.2 Å². The van der Waals surface area contributed by atoms with Crippen LogP contribution >= 0.6 is 11.8 Å². The quantitative estimate of drug-likeness (QED) is 0.694. The molecule has 0 spiro atoms. The number of carbonyl (C=O) groups excluding carboxylic acids is 2. The maximum atomic E-state index is 12.6. The number of hydrogen-bond acceptors (Lipinski definition) is 4. The lowest BCUT2D eigenvalue weighted by Gasteiger charge is -2.28. The molecule has 1 aliphatic rings. The summed E-state index contributed by atoms with van der Waals surface area (Å²) in [5.41, 5.74) is 1.40. The molecule has 1 N–H and O–H groups in total. The summed E-state index contributed by atoms with van der Waals surface area (Å²) in [6, 6.07) is 15.5. The molecule has 0 aromatic heterocycles. The van der Waals surface area contributed by atoms with Crippen LogP contribution in [0.15, 0.2) is 53.4 Å². The number of nitrogens with zero attached hydrogens (tertiary/aromatic N) is 1. The molecule has 0 saturated carbocycles. The fraction of sp³-hybridized carbons (Fsp3) is 0.364. The number of rotatable bonds is 7. The lowest BCUT2D eigenvalue weighted by Crippen LogP contribution is -2.35. The van der Waals surface area contributed by atoms with Crippen LogP contribution < -0.4 is 15.0 Å². The highest BCUT2D eigenvalue weighted by Gasteiger charge is 2.23. The zero-order valence-electron chi connectivity index (χ0n) is 16.3. The number of benzene rings is 2. The zero-order valence-corrected chi connectivity index (χ0v) is 17.1. The van der Waals surface area contributed by atoms with Gasteiger partial charge < -0.3 is 15.0 Å². The van der Waals surface area contributed by atoms with E-state index in [1.165, 1.54) is 0 Å². The summed E-state index contributed by atoms with van der Waals surface area (Å²) < 4.78 is 5.43. The Morgan fingerprint density at radius 2 is 2.00 bits per heavy atom. The first kappa shape index (κ1) is 20.3. The van der Waals surface area contributed by atoms with E-state index in [4.69, 9.17) is 4.74 Å². The van der Waals surface area contributed by atoms with Gasteiger partial charge >= 0.3 is 0 Å². The fourth-order valence-corrected chi connectivity index (χ4v) is 4.06. The number of nitrogens with one attached hydrogen (secondary N) is 1. The number of anilines is 2. The van der Waals surface area contributed by atoms with Gasteiger partial charge in [0, 0.05) is 35.2 Å². The van der Waals surface area contributed by atoms with Crippen molar-refractivity contribution in [2.24, 2.45) is 5.92 Å². The molecule has 6 heteroatoms. The number of methoxy groups -OCH3 is 1. The minimum Gasteiger partial charge on any atom is -0.495 e. The predicted octanol–water partition coefficient (Wildman–Crippen LogP) is 4.58. The number of hydrogen-bond donors (Lipinski definition) is 1. The molecule has 1 aliphatic heterocycles. The molecule has 1 unspecified atom stereocenters. The van der Waals surface area contributed by atoms with E-state index in [2.05, 4.69) is 5.32 Å². The second kappa shape index (κ2) is 9.64. The van der Waals surface area contributed by atoms with Crippen molar-refractivity contribution in [3.05, 3.63) is 48.5 Å². The minimum atomic E-state index is -0.146. The Balaban J connectivity index is 1.66. The molecular weight excluding hydrogens is 372 g/mol. The number of ether oxygens (including phenoxy) is 1. The summed E-state index contributed by atoms with van der Waals surface area (Å²) in [7, 11) is 1.59. The summed E-state index contributed by atoms with van der Waals surface area (Å²) >= 11 is 1.67. The molecule has 1 heterocycles. The molecule has 148 valence electrons. The Labute approximate surface area is 170 Å². The number of amides is 2. The number of carbonyl (C=O) groups is 2. The molecule has 3 rings (SSSR count). The highest BCUT2D eigenvalue weighted by molar-refractivity contribution is 7.99. The monoisotopic (exact) mass is 398 g/mol. The molecule has 2 aromatic carbocycles. The van der Waals surface area contributed by atoms with Crippen LogP contribution in [0.5, 0.6) is 5.75 Å². The number of thioether (sulfide) groups is 1. The van der Waals surface area contributed by atoms with E-state index in [1.54, 1.807) is 29.8 Å². The van der Waals surface area contributed by atoms with Crippen LogP contribution in [-0.2, 0) is 9.59 Å². The third kappa shape index (κ3) is 5.07. The first-order valence-electron chi connectivity index (χ1n) is 9.55. The van der Waals surface area contributed by atoms with Crippen molar-refractivity contribution in [2.45, 2.75) is 31.1 Å². The van der Waals surface area contributed by atoms with Crippen molar-refractivity contribution < 1.29 is 14.3 Å². The summed E-state index contributed by atoms with van der Waals surface area (Å²) in [5.74, 6) is 1.25. The first-order valence-corrected chi connectivity index (χ1v) is 10.5. The van der Waals surface area contributed by atoms with Gasteiger partial charge in [-0.1, -0.05) is 25.1 Å². The Hall–Kier alpha value is -2.47. The number of piperidine rings is 1. The Morgan fingerprint density at radius 1 is 1.21 bits per heavy atom. The van der Waals surface area contributed by atoms with Crippen LogP contribution in [0.1, 0.15) is 26.2 Å². The third-order valence-electron chi connectivity index (χ3n) is 4.75. The minimum absolute atomic E-state index is 0.0375. The van der Waals surface area contributed by atoms with Crippen LogP contribution in [0.3, 0.4) is 0 Å². The van der Waals surface area contributed by atoms with Crippen molar-refractivity contribution in [3.8, 4) is 5.75 Å². The lowest BCUT2D eigenvalue weighted by molar-refractivity contribution is -0.120. The highest BCUT2D eigenvalue weighted by Crippen LogP contribution is 2.34. The Morgan fingerprint density at radius 3 is 2.71 bits per heavy atom. The Bertz CT molecular complexity index is 826. The van der Waals surface area contributed by atoms with Gasteiger partial charge in [-0.15, -0.1) is 11.8 Å². The largest absolute Gasteiger partial charge is 0.495 e. The first-order chi connectivity index (χ1) is 13.6. The summed E-state index contributed by atoms with van der Waals surface area (Å²) in [6.45, 7) is 2.60. The van der Waals surface area contributed by atoms with Crippen molar-refractivity contribution in [3.63, 3.8) is 0 Å². The second-order valence-electron chi connectivity index (χ2n) is 6.90. The molecule has 5 nitrogen and oxygen atoms in total. The smallest absolute Gasteiger partial charge is 0.228 e. The van der Waals surface area contributed by atoms with Gasteiger partial charge in [0.25, 0.3) is 0 Å². The maximum absolute atomic E-state index is 12.6. The molecule has 2 aromatic rings. The average molecular weight is 399 g/mol. The standard InChI is InChI=1S/C22H26N2O3S/c1-16(15-28-18-8-4-3-5-9-18)22(26)23-17-11-12-20(27-2)19(14-17)24-13-7-6-10-21(24)25/h3-5,8-9,11-12,14,16H,6-7,10,13,15H2,1-2H3,(H,23,26). The molecule has 1 atom stereocenters. The van der Waals surface area contributed by atoms with E-state index in [-0.39, 0.29) is 17.7 Å². The van der Waals surface area contributed by atoms with Gasteiger partial charge in [-0.2, -0.15) is 0 Å². The van der Waals surface area contributed by atoms with Gasteiger partial charge in [0.05, 0.1) is 12.8 Å². The summed E-state index contributed by atoms with van der Waals surface area (Å²) in [5, 5.41) is 2.98. The summed E-state index contributed by atoms with van der Waals surface area (Å²) in [4.78, 5) is 27.8.